The molecular weight excluding hydrogens is 1010 g/mol. The molecule has 1 aliphatic heterocycles. The summed E-state index contributed by atoms with van der Waals surface area (Å²) in [7, 11) is 0. The summed E-state index contributed by atoms with van der Waals surface area (Å²) in [5, 5.41) is 34.0. The average molecular weight is 1080 g/mol. The zero-order valence-corrected chi connectivity index (χ0v) is 43.1. The van der Waals surface area contributed by atoms with E-state index in [1.807, 2.05) is 12.1 Å². The molecule has 0 fully saturated rings. The summed E-state index contributed by atoms with van der Waals surface area (Å²) < 4.78 is 31.7. The molecule has 6 atom stereocenters. The molecule has 416 valence electrons. The van der Waals surface area contributed by atoms with Gasteiger partial charge in [0.25, 0.3) is 11.8 Å². The summed E-state index contributed by atoms with van der Waals surface area (Å²) in [6.45, 7) is 5.39. The average Bonchev–Trinajstić information content (AvgIpc) is 3.93. The van der Waals surface area contributed by atoms with Gasteiger partial charge in [-0.05, 0) is 61.9 Å². The molecule has 2 heterocycles. The van der Waals surface area contributed by atoms with Crippen LogP contribution >= 0.6 is 0 Å². The number of benzene rings is 2. The molecule has 2 aromatic carbocycles. The monoisotopic (exact) mass is 1080 g/mol. The maximum Gasteiger partial charge on any atom is 0.320 e. The maximum absolute atomic E-state index is 15.4. The lowest BCUT2D eigenvalue weighted by Gasteiger charge is -2.41. The Hall–Kier alpha value is -8.39. The van der Waals surface area contributed by atoms with E-state index in [4.69, 9.17) is 16.6 Å². The van der Waals surface area contributed by atoms with Crippen LogP contribution in [0, 0.1) is 17.0 Å². The number of halogens is 2. The molecule has 0 bridgehead atoms. The van der Waals surface area contributed by atoms with E-state index < -0.39 is 151 Å². The number of carboxylic acids is 1. The fourth-order valence-corrected chi connectivity index (χ4v) is 8.11. The van der Waals surface area contributed by atoms with Crippen LogP contribution in [0.1, 0.15) is 77.6 Å². The Morgan fingerprint density at radius 1 is 0.753 bits per heavy atom. The summed E-state index contributed by atoms with van der Waals surface area (Å²) in [6.07, 6.45) is 1.82. The van der Waals surface area contributed by atoms with Crippen LogP contribution < -0.4 is 43.4 Å². The van der Waals surface area contributed by atoms with E-state index in [-0.39, 0.29) is 43.6 Å². The molecule has 12 N–H and O–H groups in total. The van der Waals surface area contributed by atoms with Crippen molar-refractivity contribution >= 4 is 65.0 Å². The van der Waals surface area contributed by atoms with Crippen LogP contribution in [0.3, 0.4) is 0 Å². The minimum absolute atomic E-state index is 0.0802. The lowest BCUT2D eigenvalue weighted by atomic mass is 9.82. The van der Waals surface area contributed by atoms with E-state index in [9.17, 15) is 62.2 Å². The van der Waals surface area contributed by atoms with Gasteiger partial charge in [0, 0.05) is 67.8 Å². The molecule has 1 aromatic heterocycles. The number of imide groups is 1. The quantitative estimate of drug-likeness (QED) is 0.0308. The van der Waals surface area contributed by atoms with E-state index in [0.717, 1.165) is 35.9 Å². The Bertz CT molecular complexity index is 2710. The highest BCUT2D eigenvalue weighted by Crippen LogP contribution is 2.41. The molecule has 3 aromatic rings. The first kappa shape index (κ1) is 61.2. The first-order valence-electron chi connectivity index (χ1n) is 24.3. The normalized spacial score (nSPS) is 14.5. The van der Waals surface area contributed by atoms with Crippen LogP contribution in [0.4, 0.5) is 8.78 Å². The van der Waals surface area contributed by atoms with Gasteiger partial charge < -0.3 is 63.0 Å². The van der Waals surface area contributed by atoms with Crippen molar-refractivity contribution in [2.75, 3.05) is 32.8 Å². The number of aliphatic hydroxyl groups is 1. The molecule has 10 amide bonds. The third kappa shape index (κ3) is 18.2. The fraction of sp³-hybridized carbons (Fsp3) is 0.431. The molecule has 0 saturated heterocycles. The lowest BCUT2D eigenvalue weighted by Crippen LogP contribution is -2.58. The maximum atomic E-state index is 15.4. The highest BCUT2D eigenvalue weighted by atomic mass is 19.1. The predicted molar refractivity (Wildman–Crippen MR) is 271 cm³/mol. The molecule has 4 rings (SSSR count). The van der Waals surface area contributed by atoms with Gasteiger partial charge in [0.1, 0.15) is 55.0 Å². The largest absolute Gasteiger partial charge is 0.480 e. The standard InChI is InChI=1S/C51H65F2N11O13/c1-28(58-41(68)26-64-42(69)15-16-43(64)70)46(72)59-29(2)47(73)61-37(23-39(55)66)49(75)60-36(48(74)57-19-18-56-40(67)14-13-35(54)50(76)77)17-20-63(44(71)27-65)45(51(3,4)5)38-21-31(33-22-32(52)11-12-34(33)53)25-62(38)24-30-9-7-6-8-10-30/h6-12,15-16,21-22,25,28-29,35-37,45,65H,13-14,17-20,23-24,26-27,54H2,1-5H3,(H2,55,66)(H,56,67)(H,57,74)(H,58,68)(H,59,72)(H,60,75)(H,61,73)(H,76,77)/t28-,29-,35-,36-,37-,45-/m0/s1. The number of aliphatic hydroxyl groups excluding tert-OH is 1. The fourth-order valence-electron chi connectivity index (χ4n) is 8.11. The molecular formula is C51H65F2N11O13. The number of nitrogens with zero attached hydrogens (tertiary/aromatic N) is 3. The third-order valence-electron chi connectivity index (χ3n) is 12.0. The number of nitrogens with two attached hydrogens (primary N) is 2. The Kier molecular flexibility index (Phi) is 22.2. The second-order valence-corrected chi connectivity index (χ2v) is 19.2. The van der Waals surface area contributed by atoms with Crippen LogP contribution in [0.5, 0.6) is 0 Å². The van der Waals surface area contributed by atoms with Gasteiger partial charge in [-0.25, -0.2) is 8.78 Å². The minimum atomic E-state index is -1.80. The van der Waals surface area contributed by atoms with E-state index in [1.165, 1.54) is 18.7 Å². The van der Waals surface area contributed by atoms with Crippen molar-refractivity contribution < 1.29 is 71.7 Å². The molecule has 0 radical (unpaired) electrons. The summed E-state index contributed by atoms with van der Waals surface area (Å²) >= 11 is 0. The van der Waals surface area contributed by atoms with Crippen LogP contribution in [0.25, 0.3) is 11.1 Å². The topological polar surface area (TPSA) is 364 Å². The Balaban J connectivity index is 1.63. The van der Waals surface area contributed by atoms with Crippen molar-refractivity contribution in [2.24, 2.45) is 16.9 Å². The SMILES string of the molecule is C[C@H](NC(=O)CN1C(=O)C=CC1=O)C(=O)N[C@@H](C)C(=O)N[C@@H](CC(N)=O)C(=O)N[C@@H](CCN(C(=O)CO)[C@@H](c1cc(-c2cc(F)ccc2F)cn1Cc1ccccc1)C(C)(C)C)C(=O)NCCNC(=O)CC[C@H](N)C(=O)O. The van der Waals surface area contributed by atoms with Gasteiger partial charge in [0.2, 0.25) is 47.3 Å². The van der Waals surface area contributed by atoms with Gasteiger partial charge in [-0.1, -0.05) is 51.1 Å². The minimum Gasteiger partial charge on any atom is -0.480 e. The van der Waals surface area contributed by atoms with Crippen LogP contribution in [0.15, 0.2) is 72.9 Å². The number of carboxylic acid groups (broad SMARTS) is 1. The first-order valence-corrected chi connectivity index (χ1v) is 24.3. The molecule has 26 heteroatoms. The molecule has 24 nitrogen and oxygen atoms in total. The van der Waals surface area contributed by atoms with Crippen molar-refractivity contribution in [1.29, 1.82) is 0 Å². The second kappa shape index (κ2) is 27.9. The van der Waals surface area contributed by atoms with E-state index in [0.29, 0.717) is 10.6 Å². The number of aliphatic carboxylic acids is 1. The Labute approximate surface area is 441 Å². The number of amides is 10. The Morgan fingerprint density at radius 2 is 1.36 bits per heavy atom. The van der Waals surface area contributed by atoms with Crippen molar-refractivity contribution in [3.05, 3.63) is 95.8 Å². The first-order chi connectivity index (χ1) is 36.2. The number of carbonyl (C=O) groups excluding carboxylic acids is 10. The van der Waals surface area contributed by atoms with Gasteiger partial charge in [0.05, 0.1) is 12.5 Å². The van der Waals surface area contributed by atoms with Crippen molar-refractivity contribution in [3.63, 3.8) is 0 Å². The number of rotatable bonds is 28. The number of hydrogen-bond donors (Lipinski definition) is 10. The highest BCUT2D eigenvalue weighted by molar-refractivity contribution is 6.14. The zero-order valence-electron chi connectivity index (χ0n) is 43.1. The number of nitrogens with one attached hydrogen (secondary N) is 6. The highest BCUT2D eigenvalue weighted by Gasteiger charge is 2.39. The summed E-state index contributed by atoms with van der Waals surface area (Å²) in [5.74, 6) is -11.6. The van der Waals surface area contributed by atoms with E-state index in [2.05, 4.69) is 31.9 Å². The van der Waals surface area contributed by atoms with Crippen LogP contribution in [0.2, 0.25) is 0 Å². The second-order valence-electron chi connectivity index (χ2n) is 19.2. The van der Waals surface area contributed by atoms with Crippen molar-refractivity contribution in [3.8, 4) is 11.1 Å². The van der Waals surface area contributed by atoms with E-state index in [1.54, 1.807) is 55.8 Å². The number of carbonyl (C=O) groups is 11. The molecule has 0 spiro atoms. The molecule has 1 aliphatic rings. The summed E-state index contributed by atoms with van der Waals surface area (Å²) in [5.41, 5.74) is 11.4. The zero-order chi connectivity index (χ0) is 57.3. The smallest absolute Gasteiger partial charge is 0.320 e. The molecule has 0 aliphatic carbocycles. The van der Waals surface area contributed by atoms with Crippen LogP contribution in [-0.4, -0.2) is 153 Å². The summed E-state index contributed by atoms with van der Waals surface area (Å²) in [4.78, 5) is 143. The van der Waals surface area contributed by atoms with Crippen LogP contribution in [-0.2, 0) is 59.3 Å². The lowest BCUT2D eigenvalue weighted by molar-refractivity contribution is -0.141. The third-order valence-corrected chi connectivity index (χ3v) is 12.0. The number of aromatic nitrogens is 1. The predicted octanol–water partition coefficient (Wildman–Crippen LogP) is -1.02. The molecule has 77 heavy (non-hydrogen) atoms. The van der Waals surface area contributed by atoms with Gasteiger partial charge in [-0.2, -0.15) is 0 Å². The summed E-state index contributed by atoms with van der Waals surface area (Å²) in [6, 6.07) is 5.15. The van der Waals surface area contributed by atoms with E-state index >= 15 is 4.39 Å². The number of primary amides is 1. The Morgan fingerprint density at radius 3 is 1.97 bits per heavy atom. The van der Waals surface area contributed by atoms with Gasteiger partial charge >= 0.3 is 5.97 Å². The van der Waals surface area contributed by atoms with Crippen molar-refractivity contribution in [2.45, 2.75) is 103 Å². The molecule has 0 unspecified atom stereocenters. The van der Waals surface area contributed by atoms with Gasteiger partial charge in [0.15, 0.2) is 0 Å². The molecule has 0 saturated carbocycles. The van der Waals surface area contributed by atoms with Gasteiger partial charge in [-0.15, -0.1) is 0 Å². The number of hydrogen-bond acceptors (Lipinski definition) is 13. The van der Waals surface area contributed by atoms with Gasteiger partial charge in [-0.3, -0.25) is 57.6 Å². The van der Waals surface area contributed by atoms with Crippen molar-refractivity contribution in [1.82, 2.24) is 46.3 Å².